The number of carbonyl (C=O) groups is 1. The van der Waals surface area contributed by atoms with E-state index in [-0.39, 0.29) is 22.6 Å². The second-order valence-electron chi connectivity index (χ2n) is 6.77. The fraction of sp³-hybridized carbons (Fsp3) is 0.316. The van der Waals surface area contributed by atoms with Crippen molar-refractivity contribution in [1.82, 2.24) is 0 Å². The summed E-state index contributed by atoms with van der Waals surface area (Å²) in [5.41, 5.74) is 2.11. The lowest BCUT2D eigenvalue weighted by Crippen LogP contribution is -2.19. The smallest absolute Gasteiger partial charge is 0.293 e. The summed E-state index contributed by atoms with van der Waals surface area (Å²) in [6.45, 7) is 8.61. The van der Waals surface area contributed by atoms with Crippen LogP contribution in [0.15, 0.2) is 42.5 Å². The monoisotopic (exact) mass is 341 g/mol. The van der Waals surface area contributed by atoms with Gasteiger partial charge in [0.25, 0.3) is 11.6 Å². The van der Waals surface area contributed by atoms with Gasteiger partial charge in [-0.15, -0.1) is 0 Å². The molecule has 25 heavy (non-hydrogen) atoms. The van der Waals surface area contributed by atoms with Gasteiger partial charge in [0.15, 0.2) is 0 Å². The van der Waals surface area contributed by atoms with Crippen LogP contribution < -0.4 is 10.6 Å². The minimum atomic E-state index is -0.488. The van der Waals surface area contributed by atoms with E-state index >= 15 is 0 Å². The molecular weight excluding hydrogens is 318 g/mol. The van der Waals surface area contributed by atoms with Crippen LogP contribution >= 0.6 is 0 Å². The van der Waals surface area contributed by atoms with Gasteiger partial charge < -0.3 is 10.6 Å². The molecule has 2 aromatic rings. The number of anilines is 2. The zero-order valence-electron chi connectivity index (χ0n) is 14.9. The Morgan fingerprint density at radius 3 is 2.40 bits per heavy atom. The molecule has 0 aliphatic carbocycles. The molecule has 132 valence electrons. The number of benzene rings is 2. The van der Waals surface area contributed by atoms with E-state index in [1.807, 2.05) is 31.2 Å². The van der Waals surface area contributed by atoms with E-state index < -0.39 is 4.92 Å². The number of hydrogen-bond acceptors (Lipinski definition) is 4. The van der Waals surface area contributed by atoms with Crippen LogP contribution in [0.4, 0.5) is 17.1 Å². The van der Waals surface area contributed by atoms with Crippen LogP contribution in [0, 0.1) is 10.1 Å². The molecule has 0 unspecified atom stereocenters. The Balaban J connectivity index is 2.34. The van der Waals surface area contributed by atoms with E-state index in [0.29, 0.717) is 17.9 Å². The van der Waals surface area contributed by atoms with Crippen molar-refractivity contribution in [3.8, 4) is 0 Å². The molecule has 2 aromatic carbocycles. The largest absolute Gasteiger partial charge is 0.380 e. The van der Waals surface area contributed by atoms with Crippen LogP contribution in [0.25, 0.3) is 0 Å². The third kappa shape index (κ3) is 4.35. The minimum Gasteiger partial charge on any atom is -0.380 e. The summed E-state index contributed by atoms with van der Waals surface area (Å²) >= 11 is 0. The quantitative estimate of drug-likeness (QED) is 0.616. The van der Waals surface area contributed by atoms with Crippen molar-refractivity contribution in [2.75, 3.05) is 17.2 Å². The van der Waals surface area contributed by atoms with Gasteiger partial charge in [0.1, 0.15) is 5.69 Å². The average molecular weight is 341 g/mol. The summed E-state index contributed by atoms with van der Waals surface area (Å²) in [6.07, 6.45) is 0. The summed E-state index contributed by atoms with van der Waals surface area (Å²) in [6, 6.07) is 12.0. The molecule has 1 amide bonds. The summed E-state index contributed by atoms with van der Waals surface area (Å²) in [4.78, 5) is 23.3. The van der Waals surface area contributed by atoms with Crippen LogP contribution in [0.5, 0.6) is 0 Å². The van der Waals surface area contributed by atoms with Gasteiger partial charge in [0.05, 0.1) is 4.92 Å². The number of rotatable bonds is 5. The number of para-hydroxylation sites is 1. The Bertz CT molecular complexity index is 795. The van der Waals surface area contributed by atoms with Crippen LogP contribution in [-0.4, -0.2) is 17.4 Å². The first-order valence-electron chi connectivity index (χ1n) is 8.17. The molecule has 0 heterocycles. The molecule has 0 aliphatic rings. The summed E-state index contributed by atoms with van der Waals surface area (Å²) < 4.78 is 0. The summed E-state index contributed by atoms with van der Waals surface area (Å²) in [5, 5.41) is 17.0. The molecule has 2 N–H and O–H groups in total. The Morgan fingerprint density at radius 2 is 1.80 bits per heavy atom. The Morgan fingerprint density at radius 1 is 1.12 bits per heavy atom. The van der Waals surface area contributed by atoms with Crippen LogP contribution in [0.3, 0.4) is 0 Å². The molecule has 0 spiro atoms. The van der Waals surface area contributed by atoms with Crippen molar-refractivity contribution < 1.29 is 9.72 Å². The van der Waals surface area contributed by atoms with Crippen LogP contribution in [-0.2, 0) is 5.41 Å². The number of nitrogens with one attached hydrogen (secondary N) is 2. The van der Waals surface area contributed by atoms with Crippen LogP contribution in [0.2, 0.25) is 0 Å². The summed E-state index contributed by atoms with van der Waals surface area (Å²) in [7, 11) is 0. The van der Waals surface area contributed by atoms with Crippen molar-refractivity contribution in [3.05, 3.63) is 63.7 Å². The molecule has 6 heteroatoms. The van der Waals surface area contributed by atoms with Crippen LogP contribution in [0.1, 0.15) is 43.6 Å². The molecule has 0 saturated carbocycles. The highest BCUT2D eigenvalue weighted by Gasteiger charge is 2.21. The molecule has 0 atom stereocenters. The molecule has 0 radical (unpaired) electrons. The van der Waals surface area contributed by atoms with E-state index in [0.717, 1.165) is 5.56 Å². The average Bonchev–Trinajstić information content (AvgIpc) is 2.54. The van der Waals surface area contributed by atoms with Crippen molar-refractivity contribution in [3.63, 3.8) is 0 Å². The highest BCUT2D eigenvalue weighted by molar-refractivity contribution is 6.05. The number of nitro benzene ring substituents is 1. The number of hydrogen-bond donors (Lipinski definition) is 2. The van der Waals surface area contributed by atoms with E-state index in [2.05, 4.69) is 31.4 Å². The van der Waals surface area contributed by atoms with Crippen molar-refractivity contribution in [2.45, 2.75) is 33.1 Å². The van der Waals surface area contributed by atoms with E-state index in [1.165, 1.54) is 6.07 Å². The third-order valence-corrected chi connectivity index (χ3v) is 3.81. The van der Waals surface area contributed by atoms with Gasteiger partial charge in [-0.1, -0.05) is 39.0 Å². The molecule has 0 aliphatic heterocycles. The fourth-order valence-electron chi connectivity index (χ4n) is 2.60. The lowest BCUT2D eigenvalue weighted by atomic mass is 9.86. The molecule has 6 nitrogen and oxygen atoms in total. The van der Waals surface area contributed by atoms with Crippen molar-refractivity contribution in [1.29, 1.82) is 0 Å². The predicted molar refractivity (Wildman–Crippen MR) is 100 cm³/mol. The lowest BCUT2D eigenvalue weighted by molar-refractivity contribution is -0.384. The topological polar surface area (TPSA) is 84.3 Å². The van der Waals surface area contributed by atoms with Gasteiger partial charge in [-0.05, 0) is 36.1 Å². The van der Waals surface area contributed by atoms with E-state index in [4.69, 9.17) is 0 Å². The van der Waals surface area contributed by atoms with Gasteiger partial charge in [-0.2, -0.15) is 0 Å². The second kappa shape index (κ2) is 7.34. The molecule has 0 bridgehead atoms. The highest BCUT2D eigenvalue weighted by Crippen LogP contribution is 2.30. The third-order valence-electron chi connectivity index (χ3n) is 3.81. The Hall–Kier alpha value is -2.89. The first-order valence-corrected chi connectivity index (χ1v) is 8.17. The van der Waals surface area contributed by atoms with Crippen molar-refractivity contribution >= 4 is 23.0 Å². The minimum absolute atomic E-state index is 0.112. The Labute approximate surface area is 147 Å². The van der Waals surface area contributed by atoms with Gasteiger partial charge in [-0.3, -0.25) is 14.9 Å². The molecular formula is C19H23N3O3. The SMILES string of the molecule is CCNc1ccc(C(=O)Nc2ccccc2C(C)(C)C)cc1[N+](=O)[O-]. The predicted octanol–water partition coefficient (Wildman–Crippen LogP) is 4.58. The molecule has 0 fully saturated rings. The normalized spacial score (nSPS) is 11.0. The standard InChI is InChI=1S/C19H23N3O3/c1-5-20-16-11-10-13(12-17(16)22(24)25)18(23)21-15-9-7-6-8-14(15)19(2,3)4/h6-12,20H,5H2,1-4H3,(H,21,23). The van der Waals surface area contributed by atoms with E-state index in [1.54, 1.807) is 12.1 Å². The second-order valence-corrected chi connectivity index (χ2v) is 6.77. The highest BCUT2D eigenvalue weighted by atomic mass is 16.6. The maximum absolute atomic E-state index is 12.6. The van der Waals surface area contributed by atoms with Gasteiger partial charge in [-0.25, -0.2) is 0 Å². The molecule has 2 rings (SSSR count). The maximum Gasteiger partial charge on any atom is 0.293 e. The van der Waals surface area contributed by atoms with Crippen molar-refractivity contribution in [2.24, 2.45) is 0 Å². The first-order chi connectivity index (χ1) is 11.7. The zero-order valence-corrected chi connectivity index (χ0v) is 14.9. The maximum atomic E-state index is 12.6. The summed E-state index contributed by atoms with van der Waals surface area (Å²) in [5.74, 6) is -0.372. The number of nitrogens with zero attached hydrogens (tertiary/aromatic N) is 1. The number of nitro groups is 1. The Kier molecular flexibility index (Phi) is 5.41. The number of amides is 1. The van der Waals surface area contributed by atoms with E-state index in [9.17, 15) is 14.9 Å². The first kappa shape index (κ1) is 18.4. The van der Waals surface area contributed by atoms with Gasteiger partial charge in [0, 0.05) is 23.9 Å². The zero-order chi connectivity index (χ0) is 18.6. The molecule has 0 saturated heterocycles. The molecule has 0 aromatic heterocycles. The lowest BCUT2D eigenvalue weighted by Gasteiger charge is -2.23. The van der Waals surface area contributed by atoms with Gasteiger partial charge in [0.2, 0.25) is 0 Å². The van der Waals surface area contributed by atoms with Gasteiger partial charge >= 0.3 is 0 Å². The number of carbonyl (C=O) groups excluding carboxylic acids is 1. The fourth-order valence-corrected chi connectivity index (χ4v) is 2.60.